The van der Waals surface area contributed by atoms with Crippen molar-refractivity contribution in [3.8, 4) is 0 Å². The Labute approximate surface area is 118 Å². The lowest BCUT2D eigenvalue weighted by molar-refractivity contribution is -0.385. The minimum absolute atomic E-state index is 0.0900. The highest BCUT2D eigenvalue weighted by Crippen LogP contribution is 2.28. The summed E-state index contributed by atoms with van der Waals surface area (Å²) in [4.78, 5) is 8.85. The van der Waals surface area contributed by atoms with Gasteiger partial charge in [-0.2, -0.15) is 5.10 Å². The zero-order valence-electron chi connectivity index (χ0n) is 10.6. The molecule has 0 aliphatic heterocycles. The van der Waals surface area contributed by atoms with Crippen LogP contribution in [0.4, 0.5) is 21.6 Å². The predicted molar refractivity (Wildman–Crippen MR) is 71.5 cm³/mol. The van der Waals surface area contributed by atoms with Crippen molar-refractivity contribution < 1.29 is 17.7 Å². The SMILES string of the molecule is Cn1nccc1NS(=O)(=O)c1c(N)cc([N+](=O)[O-])cc1F. The summed E-state index contributed by atoms with van der Waals surface area (Å²) in [5, 5.41) is 14.3. The van der Waals surface area contributed by atoms with E-state index in [9.17, 15) is 22.9 Å². The van der Waals surface area contributed by atoms with Gasteiger partial charge in [-0.05, 0) is 0 Å². The lowest BCUT2D eigenvalue weighted by atomic mass is 10.3. The van der Waals surface area contributed by atoms with E-state index in [1.54, 1.807) is 0 Å². The molecule has 0 spiro atoms. The number of benzene rings is 1. The number of nitrogens with two attached hydrogens (primary N) is 1. The van der Waals surface area contributed by atoms with Crippen molar-refractivity contribution in [1.29, 1.82) is 0 Å². The van der Waals surface area contributed by atoms with Crippen LogP contribution in [0.3, 0.4) is 0 Å². The quantitative estimate of drug-likeness (QED) is 0.488. The molecule has 0 unspecified atom stereocenters. The fourth-order valence-electron chi connectivity index (χ4n) is 1.65. The number of nitrogens with zero attached hydrogens (tertiary/aromatic N) is 3. The largest absolute Gasteiger partial charge is 0.397 e. The number of aromatic nitrogens is 2. The number of anilines is 2. The molecule has 0 saturated heterocycles. The second kappa shape index (κ2) is 5.01. The third-order valence-corrected chi connectivity index (χ3v) is 4.04. The summed E-state index contributed by atoms with van der Waals surface area (Å²) < 4.78 is 41.5. The van der Waals surface area contributed by atoms with E-state index in [0.29, 0.717) is 6.07 Å². The third kappa shape index (κ3) is 2.76. The van der Waals surface area contributed by atoms with Gasteiger partial charge in [0.15, 0.2) is 5.82 Å². The fourth-order valence-corrected chi connectivity index (χ4v) is 2.91. The molecule has 11 heteroatoms. The van der Waals surface area contributed by atoms with E-state index in [4.69, 9.17) is 5.73 Å². The Morgan fingerprint density at radius 1 is 1.48 bits per heavy atom. The number of rotatable bonds is 4. The first-order valence-electron chi connectivity index (χ1n) is 5.46. The summed E-state index contributed by atoms with van der Waals surface area (Å²) in [5.74, 6) is -1.22. The molecule has 1 heterocycles. The molecule has 2 aromatic rings. The number of hydrogen-bond donors (Lipinski definition) is 2. The highest BCUT2D eigenvalue weighted by atomic mass is 32.2. The Hall–Kier alpha value is -2.69. The van der Waals surface area contributed by atoms with Crippen molar-refractivity contribution >= 4 is 27.2 Å². The van der Waals surface area contributed by atoms with E-state index in [1.165, 1.54) is 24.0 Å². The normalized spacial score (nSPS) is 11.3. The van der Waals surface area contributed by atoms with E-state index >= 15 is 0 Å². The number of nitrogen functional groups attached to an aromatic ring is 1. The van der Waals surface area contributed by atoms with Gasteiger partial charge in [0.2, 0.25) is 0 Å². The van der Waals surface area contributed by atoms with Crippen LogP contribution in [0.15, 0.2) is 29.3 Å². The molecule has 0 radical (unpaired) electrons. The van der Waals surface area contributed by atoms with Gasteiger partial charge < -0.3 is 5.73 Å². The summed E-state index contributed by atoms with van der Waals surface area (Å²) >= 11 is 0. The van der Waals surface area contributed by atoms with Gasteiger partial charge >= 0.3 is 0 Å². The molecule has 0 atom stereocenters. The van der Waals surface area contributed by atoms with Crippen LogP contribution < -0.4 is 10.5 Å². The monoisotopic (exact) mass is 315 g/mol. The van der Waals surface area contributed by atoms with Crippen LogP contribution in [0.2, 0.25) is 0 Å². The lowest BCUT2D eigenvalue weighted by Crippen LogP contribution is -2.18. The van der Waals surface area contributed by atoms with Gasteiger partial charge in [-0.25, -0.2) is 12.8 Å². The van der Waals surface area contributed by atoms with Gasteiger partial charge in [0.25, 0.3) is 15.7 Å². The van der Waals surface area contributed by atoms with Crippen LogP contribution in [-0.4, -0.2) is 23.1 Å². The zero-order valence-corrected chi connectivity index (χ0v) is 11.5. The van der Waals surface area contributed by atoms with Crippen LogP contribution in [0.1, 0.15) is 0 Å². The Morgan fingerprint density at radius 2 is 2.14 bits per heavy atom. The van der Waals surface area contributed by atoms with Crippen molar-refractivity contribution in [2.75, 3.05) is 10.5 Å². The molecule has 9 nitrogen and oxygen atoms in total. The van der Waals surface area contributed by atoms with Crippen LogP contribution in [0.5, 0.6) is 0 Å². The van der Waals surface area contributed by atoms with E-state index < -0.39 is 37.0 Å². The van der Waals surface area contributed by atoms with Crippen molar-refractivity contribution in [1.82, 2.24) is 9.78 Å². The van der Waals surface area contributed by atoms with Crippen LogP contribution >= 0.6 is 0 Å². The molecule has 0 bridgehead atoms. The average molecular weight is 315 g/mol. The molecule has 1 aromatic heterocycles. The summed E-state index contributed by atoms with van der Waals surface area (Å²) in [6.45, 7) is 0. The highest BCUT2D eigenvalue weighted by Gasteiger charge is 2.26. The summed E-state index contributed by atoms with van der Waals surface area (Å²) in [7, 11) is -2.86. The van der Waals surface area contributed by atoms with Crippen LogP contribution in [0.25, 0.3) is 0 Å². The second-order valence-corrected chi connectivity index (χ2v) is 5.67. The summed E-state index contributed by atoms with van der Waals surface area (Å²) in [6.07, 6.45) is 1.34. The van der Waals surface area contributed by atoms with Crippen molar-refractivity contribution in [2.45, 2.75) is 4.90 Å². The first-order valence-corrected chi connectivity index (χ1v) is 6.95. The first-order chi connectivity index (χ1) is 9.72. The van der Waals surface area contributed by atoms with Gasteiger partial charge in [-0.1, -0.05) is 0 Å². The maximum atomic E-state index is 13.9. The first kappa shape index (κ1) is 14.7. The van der Waals surface area contributed by atoms with Gasteiger partial charge in [0.05, 0.1) is 22.9 Å². The molecule has 0 aliphatic rings. The van der Waals surface area contributed by atoms with Gasteiger partial charge in [-0.15, -0.1) is 0 Å². The third-order valence-electron chi connectivity index (χ3n) is 2.60. The van der Waals surface area contributed by atoms with Gasteiger partial charge in [0, 0.05) is 19.2 Å². The van der Waals surface area contributed by atoms with E-state index in [0.717, 1.165) is 6.07 Å². The highest BCUT2D eigenvalue weighted by molar-refractivity contribution is 7.92. The van der Waals surface area contributed by atoms with Crippen LogP contribution in [-0.2, 0) is 17.1 Å². The number of sulfonamides is 1. The molecule has 3 N–H and O–H groups in total. The Balaban J connectivity index is 2.50. The molecule has 1 aromatic carbocycles. The maximum absolute atomic E-state index is 13.9. The second-order valence-electron chi connectivity index (χ2n) is 4.05. The van der Waals surface area contributed by atoms with Crippen LogP contribution in [0, 0.1) is 15.9 Å². The number of nitrogens with one attached hydrogen (secondary N) is 1. The van der Waals surface area contributed by atoms with Crippen molar-refractivity contribution in [3.05, 3.63) is 40.3 Å². The minimum Gasteiger partial charge on any atom is -0.397 e. The minimum atomic E-state index is -4.34. The zero-order chi connectivity index (χ0) is 15.8. The topological polar surface area (TPSA) is 133 Å². The number of non-ortho nitro benzene ring substituents is 1. The molecule has 0 fully saturated rings. The summed E-state index contributed by atoms with van der Waals surface area (Å²) in [5.41, 5.74) is 4.23. The van der Waals surface area contributed by atoms with Crippen molar-refractivity contribution in [2.24, 2.45) is 7.05 Å². The van der Waals surface area contributed by atoms with E-state index in [2.05, 4.69) is 9.82 Å². The molecular weight excluding hydrogens is 305 g/mol. The molecule has 0 saturated carbocycles. The smallest absolute Gasteiger partial charge is 0.274 e. The number of aryl methyl sites for hydroxylation is 1. The molecular formula is C10H10FN5O4S. The molecule has 21 heavy (non-hydrogen) atoms. The molecule has 112 valence electrons. The van der Waals surface area contributed by atoms with E-state index in [1.807, 2.05) is 0 Å². The standard InChI is InChI=1S/C10H10FN5O4S/c1-15-9(2-3-13-15)14-21(19,20)10-7(11)4-6(16(17)18)5-8(10)12/h2-5,14H,12H2,1H3. The number of nitro benzene ring substituents is 1. The Kier molecular flexibility index (Phi) is 3.51. The fraction of sp³-hybridized carbons (Fsp3) is 0.100. The lowest BCUT2D eigenvalue weighted by Gasteiger charge is -2.10. The van der Waals surface area contributed by atoms with E-state index in [-0.39, 0.29) is 5.82 Å². The van der Waals surface area contributed by atoms with Gasteiger partial charge in [0.1, 0.15) is 10.7 Å². The Bertz CT molecular complexity index is 794. The average Bonchev–Trinajstić information content (AvgIpc) is 2.72. The number of hydrogen-bond acceptors (Lipinski definition) is 6. The van der Waals surface area contributed by atoms with Gasteiger partial charge in [-0.3, -0.25) is 19.5 Å². The molecule has 0 amide bonds. The predicted octanol–water partition coefficient (Wildman–Crippen LogP) is 0.850. The maximum Gasteiger partial charge on any atom is 0.274 e. The molecule has 2 rings (SSSR count). The molecule has 0 aliphatic carbocycles. The van der Waals surface area contributed by atoms with Crippen molar-refractivity contribution in [3.63, 3.8) is 0 Å². The number of nitro groups is 1. The summed E-state index contributed by atoms with van der Waals surface area (Å²) in [6, 6.07) is 2.63. The number of halogens is 1. The Morgan fingerprint density at radius 3 is 2.62 bits per heavy atom.